The number of aromatic nitrogens is 2. The number of rotatable bonds is 5. The summed E-state index contributed by atoms with van der Waals surface area (Å²) < 4.78 is 6.01. The highest BCUT2D eigenvalue weighted by Crippen LogP contribution is 2.24. The van der Waals surface area contributed by atoms with Crippen molar-refractivity contribution < 1.29 is 4.74 Å². The molecule has 0 amide bonds. The zero-order valence-corrected chi connectivity index (χ0v) is 14.1. The number of anilines is 1. The number of aromatic amines is 1. The minimum absolute atomic E-state index is 0.171. The molecule has 1 heterocycles. The maximum atomic E-state index is 11.6. The number of hydrogen-bond acceptors (Lipinski definition) is 5. The van der Waals surface area contributed by atoms with Crippen LogP contribution in [0.2, 0.25) is 0 Å². The highest BCUT2D eigenvalue weighted by molar-refractivity contribution is 9.10. The van der Waals surface area contributed by atoms with Gasteiger partial charge in [-0.3, -0.25) is 9.78 Å². The Morgan fingerprint density at radius 1 is 1.41 bits per heavy atom. The van der Waals surface area contributed by atoms with Gasteiger partial charge < -0.3 is 4.74 Å². The molecule has 0 saturated carbocycles. The van der Waals surface area contributed by atoms with Crippen LogP contribution < -0.4 is 15.7 Å². The SMILES string of the molecule is COc1ccc(/C=N\Nc2nc(C(C)C)cc(=O)[nH]2)cc1Br. The van der Waals surface area contributed by atoms with Gasteiger partial charge in [-0.25, -0.2) is 10.4 Å². The Labute approximate surface area is 136 Å². The van der Waals surface area contributed by atoms with Crippen molar-refractivity contribution in [1.29, 1.82) is 0 Å². The molecule has 0 radical (unpaired) electrons. The number of benzene rings is 1. The molecule has 0 aliphatic carbocycles. The molecule has 2 aromatic rings. The number of halogens is 1. The zero-order chi connectivity index (χ0) is 16.1. The van der Waals surface area contributed by atoms with Crippen molar-refractivity contribution in [1.82, 2.24) is 9.97 Å². The van der Waals surface area contributed by atoms with E-state index < -0.39 is 0 Å². The van der Waals surface area contributed by atoms with Gasteiger partial charge in [0.15, 0.2) is 0 Å². The summed E-state index contributed by atoms with van der Waals surface area (Å²) in [5, 5.41) is 4.08. The first-order valence-electron chi connectivity index (χ1n) is 6.73. The Balaban J connectivity index is 2.12. The van der Waals surface area contributed by atoms with Crippen LogP contribution in [-0.2, 0) is 0 Å². The fraction of sp³-hybridized carbons (Fsp3) is 0.267. The first-order valence-corrected chi connectivity index (χ1v) is 7.52. The number of nitrogens with zero attached hydrogens (tertiary/aromatic N) is 2. The second-order valence-corrected chi connectivity index (χ2v) is 5.79. The van der Waals surface area contributed by atoms with Crippen LogP contribution >= 0.6 is 15.9 Å². The fourth-order valence-corrected chi connectivity index (χ4v) is 2.31. The van der Waals surface area contributed by atoms with Gasteiger partial charge in [0.2, 0.25) is 5.95 Å². The molecule has 1 aromatic carbocycles. The van der Waals surface area contributed by atoms with Crippen LogP contribution in [0.3, 0.4) is 0 Å². The zero-order valence-electron chi connectivity index (χ0n) is 12.6. The van der Waals surface area contributed by atoms with Gasteiger partial charge in [-0.05, 0) is 45.6 Å². The summed E-state index contributed by atoms with van der Waals surface area (Å²) in [5.41, 5.74) is 4.12. The summed E-state index contributed by atoms with van der Waals surface area (Å²) in [6.07, 6.45) is 1.63. The maximum absolute atomic E-state index is 11.6. The van der Waals surface area contributed by atoms with E-state index in [-0.39, 0.29) is 11.5 Å². The summed E-state index contributed by atoms with van der Waals surface area (Å²) in [7, 11) is 1.61. The third-order valence-electron chi connectivity index (χ3n) is 2.91. The van der Waals surface area contributed by atoms with Crippen LogP contribution in [-0.4, -0.2) is 23.3 Å². The molecule has 116 valence electrons. The van der Waals surface area contributed by atoms with E-state index in [4.69, 9.17) is 4.74 Å². The lowest BCUT2D eigenvalue weighted by Gasteiger charge is -2.06. The number of nitrogens with one attached hydrogen (secondary N) is 2. The van der Waals surface area contributed by atoms with Crippen molar-refractivity contribution in [3.63, 3.8) is 0 Å². The highest BCUT2D eigenvalue weighted by atomic mass is 79.9. The minimum Gasteiger partial charge on any atom is -0.496 e. The summed E-state index contributed by atoms with van der Waals surface area (Å²) in [5.74, 6) is 1.24. The molecule has 0 aliphatic rings. The van der Waals surface area contributed by atoms with E-state index in [1.807, 2.05) is 32.0 Å². The number of hydrazone groups is 1. The van der Waals surface area contributed by atoms with E-state index in [0.29, 0.717) is 11.6 Å². The van der Waals surface area contributed by atoms with Crippen molar-refractivity contribution in [2.45, 2.75) is 19.8 Å². The van der Waals surface area contributed by atoms with Gasteiger partial charge in [0.25, 0.3) is 5.56 Å². The quantitative estimate of drug-likeness (QED) is 0.630. The lowest BCUT2D eigenvalue weighted by Crippen LogP contribution is -2.12. The largest absolute Gasteiger partial charge is 0.496 e. The number of hydrogen-bond donors (Lipinski definition) is 2. The molecule has 0 aliphatic heterocycles. The molecule has 2 N–H and O–H groups in total. The minimum atomic E-state index is -0.205. The summed E-state index contributed by atoms with van der Waals surface area (Å²) in [4.78, 5) is 18.5. The van der Waals surface area contributed by atoms with E-state index in [1.54, 1.807) is 13.3 Å². The lowest BCUT2D eigenvalue weighted by molar-refractivity contribution is 0.412. The van der Waals surface area contributed by atoms with Gasteiger partial charge in [-0.1, -0.05) is 13.8 Å². The van der Waals surface area contributed by atoms with Crippen LogP contribution in [0.15, 0.2) is 38.6 Å². The summed E-state index contributed by atoms with van der Waals surface area (Å²) in [6.45, 7) is 3.95. The van der Waals surface area contributed by atoms with Crippen molar-refractivity contribution in [2.75, 3.05) is 12.5 Å². The van der Waals surface area contributed by atoms with E-state index in [0.717, 1.165) is 15.8 Å². The molecule has 0 fully saturated rings. The van der Waals surface area contributed by atoms with Crippen molar-refractivity contribution in [3.8, 4) is 5.75 Å². The van der Waals surface area contributed by atoms with Gasteiger partial charge >= 0.3 is 0 Å². The Bertz CT molecular complexity index is 741. The average Bonchev–Trinajstić information content (AvgIpc) is 2.47. The van der Waals surface area contributed by atoms with Gasteiger partial charge in [0.05, 0.1) is 23.5 Å². The van der Waals surface area contributed by atoms with Crippen LogP contribution in [0.1, 0.15) is 31.0 Å². The van der Waals surface area contributed by atoms with Crippen LogP contribution in [0.5, 0.6) is 5.75 Å². The topological polar surface area (TPSA) is 79.4 Å². The molecular formula is C15H17BrN4O2. The van der Waals surface area contributed by atoms with E-state index in [1.165, 1.54) is 6.07 Å². The van der Waals surface area contributed by atoms with E-state index in [9.17, 15) is 4.79 Å². The van der Waals surface area contributed by atoms with Crippen LogP contribution in [0, 0.1) is 0 Å². The Morgan fingerprint density at radius 3 is 2.82 bits per heavy atom. The molecule has 7 heteroatoms. The Hall–Kier alpha value is -2.15. The predicted octanol–water partition coefficient (Wildman–Crippen LogP) is 3.11. The molecule has 2 rings (SSSR count). The van der Waals surface area contributed by atoms with Gasteiger partial charge in [0.1, 0.15) is 5.75 Å². The predicted molar refractivity (Wildman–Crippen MR) is 90.9 cm³/mol. The van der Waals surface area contributed by atoms with Crippen LogP contribution in [0.4, 0.5) is 5.95 Å². The second-order valence-electron chi connectivity index (χ2n) is 4.94. The molecule has 0 spiro atoms. The Kier molecular flexibility index (Phi) is 5.32. The third-order valence-corrected chi connectivity index (χ3v) is 3.53. The Morgan fingerprint density at radius 2 is 2.18 bits per heavy atom. The molecule has 22 heavy (non-hydrogen) atoms. The van der Waals surface area contributed by atoms with Gasteiger partial charge in [0, 0.05) is 6.07 Å². The number of ether oxygens (including phenoxy) is 1. The fourth-order valence-electron chi connectivity index (χ4n) is 1.76. The van der Waals surface area contributed by atoms with Crippen molar-refractivity contribution >= 4 is 28.1 Å². The standard InChI is InChI=1S/C15H17BrN4O2/c1-9(2)12-7-14(21)19-15(18-12)20-17-8-10-4-5-13(22-3)11(16)6-10/h4-9H,1-3H3,(H2,18,19,20,21)/b17-8-. The molecule has 1 aromatic heterocycles. The third kappa shape index (κ3) is 4.17. The van der Waals surface area contributed by atoms with Crippen molar-refractivity contribution in [2.24, 2.45) is 5.10 Å². The molecule has 6 nitrogen and oxygen atoms in total. The molecule has 0 atom stereocenters. The van der Waals surface area contributed by atoms with E-state index in [2.05, 4.69) is 36.4 Å². The maximum Gasteiger partial charge on any atom is 0.252 e. The number of H-pyrrole nitrogens is 1. The lowest BCUT2D eigenvalue weighted by atomic mass is 10.1. The summed E-state index contributed by atoms with van der Waals surface area (Å²) >= 11 is 3.41. The van der Waals surface area contributed by atoms with Gasteiger partial charge in [-0.2, -0.15) is 5.10 Å². The first-order chi connectivity index (χ1) is 10.5. The molecule has 0 bridgehead atoms. The van der Waals surface area contributed by atoms with Gasteiger partial charge in [-0.15, -0.1) is 0 Å². The van der Waals surface area contributed by atoms with E-state index >= 15 is 0 Å². The normalized spacial score (nSPS) is 11.1. The van der Waals surface area contributed by atoms with Crippen molar-refractivity contribution in [3.05, 3.63) is 50.3 Å². The smallest absolute Gasteiger partial charge is 0.252 e. The first kappa shape index (κ1) is 16.2. The highest BCUT2D eigenvalue weighted by Gasteiger charge is 2.04. The molecule has 0 unspecified atom stereocenters. The van der Waals surface area contributed by atoms with Crippen LogP contribution in [0.25, 0.3) is 0 Å². The molecule has 0 saturated heterocycles. The number of methoxy groups -OCH3 is 1. The monoisotopic (exact) mass is 364 g/mol. The average molecular weight is 365 g/mol. The molecular weight excluding hydrogens is 348 g/mol. The second kappa shape index (κ2) is 7.22. The summed E-state index contributed by atoms with van der Waals surface area (Å²) in [6, 6.07) is 7.07.